The number of amides is 1. The number of anilines is 2. The smallest absolute Gasteiger partial charge is 0.226 e. The van der Waals surface area contributed by atoms with Crippen LogP contribution in [0.25, 0.3) is 0 Å². The predicted molar refractivity (Wildman–Crippen MR) is 119 cm³/mol. The van der Waals surface area contributed by atoms with Crippen LogP contribution in [-0.2, 0) is 9.53 Å². The molecule has 1 aromatic carbocycles. The normalized spacial score (nSPS) is 32.8. The molecule has 1 amide bonds. The molecule has 29 heavy (non-hydrogen) atoms. The largest absolute Gasteiger partial charge is 0.378 e. The van der Waals surface area contributed by atoms with Crippen molar-refractivity contribution in [1.82, 2.24) is 5.32 Å². The van der Waals surface area contributed by atoms with Crippen LogP contribution in [0.4, 0.5) is 11.4 Å². The topological polar surface area (TPSA) is 53.6 Å². The molecule has 0 radical (unpaired) electrons. The Bertz CT molecular complexity index is 755. The molecule has 1 aliphatic heterocycles. The molecule has 4 bridgehead atoms. The SMILES string of the molecule is O=C(CC12CC3CC(CC(C3)C1)C2)NC(=S)Nc1ccccc1N1CCOCC1. The van der Waals surface area contributed by atoms with Gasteiger partial charge in [0, 0.05) is 19.5 Å². The van der Waals surface area contributed by atoms with Gasteiger partial charge in [-0.1, -0.05) is 12.1 Å². The molecular weight excluding hydrogens is 382 g/mol. The number of carbonyl (C=O) groups is 1. The number of nitrogens with one attached hydrogen (secondary N) is 2. The van der Waals surface area contributed by atoms with E-state index >= 15 is 0 Å². The Hall–Kier alpha value is -1.66. The quantitative estimate of drug-likeness (QED) is 0.732. The first-order chi connectivity index (χ1) is 14.1. The van der Waals surface area contributed by atoms with Crippen LogP contribution >= 0.6 is 12.2 Å². The average Bonchev–Trinajstić information content (AvgIpc) is 2.67. The summed E-state index contributed by atoms with van der Waals surface area (Å²) in [7, 11) is 0. The lowest BCUT2D eigenvalue weighted by Gasteiger charge is -2.56. The van der Waals surface area contributed by atoms with Crippen molar-refractivity contribution in [2.24, 2.45) is 23.2 Å². The second-order valence-corrected chi connectivity index (χ2v) is 10.1. The number of para-hydroxylation sites is 2. The van der Waals surface area contributed by atoms with Crippen LogP contribution in [0, 0.1) is 23.2 Å². The number of hydrogen-bond donors (Lipinski definition) is 2. The first-order valence-electron chi connectivity index (χ1n) is 11.1. The standard InChI is InChI=1S/C23H31N3O2S/c27-21(15-23-12-16-9-17(13-23)11-18(10-16)14-23)25-22(29)24-19-3-1-2-4-20(19)26-5-7-28-8-6-26/h1-4,16-18H,5-15H2,(H2,24,25,27,29). The minimum absolute atomic E-state index is 0.0771. The van der Waals surface area contributed by atoms with E-state index in [4.69, 9.17) is 17.0 Å². The van der Waals surface area contributed by atoms with E-state index in [1.165, 1.54) is 38.5 Å². The highest BCUT2D eigenvalue weighted by molar-refractivity contribution is 7.80. The Balaban J connectivity index is 1.20. The maximum Gasteiger partial charge on any atom is 0.226 e. The summed E-state index contributed by atoms with van der Waals surface area (Å²) in [6.45, 7) is 3.20. The lowest BCUT2D eigenvalue weighted by atomic mass is 9.49. The second-order valence-electron chi connectivity index (χ2n) is 9.71. The van der Waals surface area contributed by atoms with Gasteiger partial charge >= 0.3 is 0 Å². The molecule has 0 spiro atoms. The highest BCUT2D eigenvalue weighted by Gasteiger charge is 2.51. The summed E-state index contributed by atoms with van der Waals surface area (Å²) in [4.78, 5) is 15.1. The molecule has 0 unspecified atom stereocenters. The first-order valence-corrected chi connectivity index (χ1v) is 11.5. The van der Waals surface area contributed by atoms with Gasteiger partial charge in [-0.15, -0.1) is 0 Å². The molecule has 156 valence electrons. The van der Waals surface area contributed by atoms with Crippen LogP contribution < -0.4 is 15.5 Å². The van der Waals surface area contributed by atoms with Gasteiger partial charge in [-0.2, -0.15) is 0 Å². The van der Waals surface area contributed by atoms with E-state index in [0.29, 0.717) is 11.5 Å². The van der Waals surface area contributed by atoms with Crippen LogP contribution in [0.3, 0.4) is 0 Å². The highest BCUT2D eigenvalue weighted by atomic mass is 32.1. The summed E-state index contributed by atoms with van der Waals surface area (Å²) in [6, 6.07) is 8.13. The molecule has 6 rings (SSSR count). The zero-order chi connectivity index (χ0) is 19.8. The van der Waals surface area contributed by atoms with Crippen molar-refractivity contribution in [3.05, 3.63) is 24.3 Å². The summed E-state index contributed by atoms with van der Waals surface area (Å²) in [5, 5.41) is 6.64. The lowest BCUT2D eigenvalue weighted by molar-refractivity contribution is -0.127. The van der Waals surface area contributed by atoms with E-state index in [1.54, 1.807) is 0 Å². The van der Waals surface area contributed by atoms with Gasteiger partial charge in [0.05, 0.1) is 24.6 Å². The van der Waals surface area contributed by atoms with Gasteiger partial charge in [-0.25, -0.2) is 0 Å². The molecule has 4 saturated carbocycles. The van der Waals surface area contributed by atoms with Crippen molar-refractivity contribution < 1.29 is 9.53 Å². The van der Waals surface area contributed by atoms with Gasteiger partial charge in [0.15, 0.2) is 5.11 Å². The van der Waals surface area contributed by atoms with E-state index in [9.17, 15) is 4.79 Å². The Kier molecular flexibility index (Phi) is 5.25. The van der Waals surface area contributed by atoms with Crippen molar-refractivity contribution in [3.63, 3.8) is 0 Å². The first kappa shape index (κ1) is 19.3. The third-order valence-corrected chi connectivity index (χ3v) is 7.66. The number of hydrogen-bond acceptors (Lipinski definition) is 4. The van der Waals surface area contributed by atoms with Gasteiger partial charge < -0.3 is 20.3 Å². The van der Waals surface area contributed by atoms with Crippen LogP contribution in [0.2, 0.25) is 0 Å². The molecule has 4 aliphatic carbocycles. The predicted octanol–water partition coefficient (Wildman–Crippen LogP) is 3.94. The third kappa shape index (κ3) is 4.15. The van der Waals surface area contributed by atoms with Crippen molar-refractivity contribution in [2.75, 3.05) is 36.5 Å². The van der Waals surface area contributed by atoms with Crippen LogP contribution in [0.15, 0.2) is 24.3 Å². The number of rotatable bonds is 4. The van der Waals surface area contributed by atoms with Crippen molar-refractivity contribution >= 4 is 34.6 Å². The van der Waals surface area contributed by atoms with E-state index in [0.717, 1.165) is 55.4 Å². The number of nitrogens with zero attached hydrogens (tertiary/aromatic N) is 1. The zero-order valence-corrected chi connectivity index (χ0v) is 17.8. The monoisotopic (exact) mass is 413 g/mol. The molecule has 0 atom stereocenters. The maximum absolute atomic E-state index is 12.8. The Labute approximate surface area is 178 Å². The van der Waals surface area contributed by atoms with Crippen molar-refractivity contribution in [2.45, 2.75) is 44.9 Å². The fraction of sp³-hybridized carbons (Fsp3) is 0.652. The summed E-state index contributed by atoms with van der Waals surface area (Å²) >= 11 is 5.50. The highest BCUT2D eigenvalue weighted by Crippen LogP contribution is 2.61. The second kappa shape index (κ2) is 7.88. The van der Waals surface area contributed by atoms with E-state index in [-0.39, 0.29) is 11.3 Å². The Morgan fingerprint density at radius 1 is 1.07 bits per heavy atom. The van der Waals surface area contributed by atoms with Gasteiger partial charge in [0.25, 0.3) is 0 Å². The maximum atomic E-state index is 12.8. The molecule has 6 heteroatoms. The molecule has 0 aromatic heterocycles. The molecular formula is C23H31N3O2S. The van der Waals surface area contributed by atoms with Gasteiger partial charge in [0.1, 0.15) is 0 Å². The molecule has 5 fully saturated rings. The number of benzene rings is 1. The van der Waals surface area contributed by atoms with Crippen molar-refractivity contribution in [3.8, 4) is 0 Å². The number of morpholine rings is 1. The summed E-state index contributed by atoms with van der Waals surface area (Å²) < 4.78 is 5.47. The molecule has 5 aliphatic rings. The van der Waals surface area contributed by atoms with E-state index in [2.05, 4.69) is 21.6 Å². The number of ether oxygens (including phenoxy) is 1. The zero-order valence-electron chi connectivity index (χ0n) is 17.0. The number of thiocarbonyl (C=S) groups is 1. The Morgan fingerprint density at radius 2 is 1.69 bits per heavy atom. The summed E-state index contributed by atoms with van der Waals surface area (Å²) in [6.07, 6.45) is 8.56. The molecule has 1 saturated heterocycles. The van der Waals surface area contributed by atoms with E-state index < -0.39 is 0 Å². The lowest BCUT2D eigenvalue weighted by Crippen LogP contribution is -2.48. The fourth-order valence-corrected chi connectivity index (χ4v) is 7.05. The van der Waals surface area contributed by atoms with E-state index in [1.807, 2.05) is 18.2 Å². The molecule has 5 nitrogen and oxygen atoms in total. The third-order valence-electron chi connectivity index (χ3n) is 7.46. The molecule has 2 N–H and O–H groups in total. The van der Waals surface area contributed by atoms with Crippen LogP contribution in [0.5, 0.6) is 0 Å². The average molecular weight is 414 g/mol. The minimum atomic E-state index is 0.0771. The molecule has 1 aromatic rings. The Morgan fingerprint density at radius 3 is 2.34 bits per heavy atom. The minimum Gasteiger partial charge on any atom is -0.378 e. The van der Waals surface area contributed by atoms with Gasteiger partial charge in [-0.3, -0.25) is 4.79 Å². The number of carbonyl (C=O) groups excluding carboxylic acids is 1. The summed E-state index contributed by atoms with van der Waals surface area (Å²) in [5.74, 6) is 2.66. The fourth-order valence-electron chi connectivity index (χ4n) is 6.83. The van der Waals surface area contributed by atoms with Crippen LogP contribution in [0.1, 0.15) is 44.9 Å². The van der Waals surface area contributed by atoms with Crippen molar-refractivity contribution in [1.29, 1.82) is 0 Å². The summed E-state index contributed by atoms with van der Waals surface area (Å²) in [5.41, 5.74) is 2.28. The molecule has 1 heterocycles. The van der Waals surface area contributed by atoms with Crippen LogP contribution in [-0.4, -0.2) is 37.3 Å². The van der Waals surface area contributed by atoms with Gasteiger partial charge in [0.2, 0.25) is 5.91 Å². The van der Waals surface area contributed by atoms with Gasteiger partial charge in [-0.05, 0) is 86.0 Å².